The van der Waals surface area contributed by atoms with Crippen molar-refractivity contribution in [2.24, 2.45) is 22.5 Å². The molecule has 2 aromatic rings. The number of para-hydroxylation sites is 1. The smallest absolute Gasteiger partial charge is 0.236 e. The van der Waals surface area contributed by atoms with E-state index in [9.17, 15) is 4.79 Å². The summed E-state index contributed by atoms with van der Waals surface area (Å²) in [6.45, 7) is 8.88. The first-order valence-electron chi connectivity index (χ1n) is 12.7. The van der Waals surface area contributed by atoms with Crippen LogP contribution in [0.2, 0.25) is 0 Å². The molecule has 2 aliphatic heterocycles. The van der Waals surface area contributed by atoms with Crippen LogP contribution in [0.1, 0.15) is 70.9 Å². The Balaban J connectivity index is 0.000000200. The highest BCUT2D eigenvalue weighted by molar-refractivity contribution is 6.06. The summed E-state index contributed by atoms with van der Waals surface area (Å²) in [4.78, 5) is 15.0. The first-order valence-corrected chi connectivity index (χ1v) is 12.7. The summed E-state index contributed by atoms with van der Waals surface area (Å²) in [5, 5.41) is 3.38. The molecule has 1 aliphatic carbocycles. The minimum Gasteiger partial charge on any atom is -0.328 e. The Bertz CT molecular complexity index is 891. The summed E-state index contributed by atoms with van der Waals surface area (Å²) in [6.07, 6.45) is 7.00. The van der Waals surface area contributed by atoms with Gasteiger partial charge in [0.05, 0.1) is 11.5 Å². The molecule has 1 spiro atoms. The second-order valence-electron chi connectivity index (χ2n) is 11.2. The Morgan fingerprint density at radius 1 is 0.879 bits per heavy atom. The van der Waals surface area contributed by atoms with Crippen LogP contribution in [-0.4, -0.2) is 25.0 Å². The quantitative estimate of drug-likeness (QED) is 0.581. The van der Waals surface area contributed by atoms with Crippen LogP contribution in [0, 0.1) is 16.7 Å². The van der Waals surface area contributed by atoms with Crippen molar-refractivity contribution in [1.29, 1.82) is 0 Å². The van der Waals surface area contributed by atoms with Gasteiger partial charge in [0.15, 0.2) is 0 Å². The molecule has 2 aromatic carbocycles. The van der Waals surface area contributed by atoms with Crippen LogP contribution in [0.25, 0.3) is 0 Å². The molecule has 4 heteroatoms. The Morgan fingerprint density at radius 3 is 1.97 bits per heavy atom. The minimum absolute atomic E-state index is 0.158. The molecule has 33 heavy (non-hydrogen) atoms. The fourth-order valence-corrected chi connectivity index (χ4v) is 5.96. The average molecular weight is 448 g/mol. The lowest BCUT2D eigenvalue weighted by atomic mass is 9.62. The molecule has 4 nitrogen and oxygen atoms in total. The predicted octanol–water partition coefficient (Wildman–Crippen LogP) is 5.69. The molecular weight excluding hydrogens is 406 g/mol. The van der Waals surface area contributed by atoms with Crippen LogP contribution in [0.3, 0.4) is 0 Å². The van der Waals surface area contributed by atoms with Gasteiger partial charge >= 0.3 is 0 Å². The number of hydrogen-bond acceptors (Lipinski definition) is 3. The second-order valence-corrected chi connectivity index (χ2v) is 11.2. The number of benzene rings is 2. The van der Waals surface area contributed by atoms with Crippen LogP contribution >= 0.6 is 0 Å². The lowest BCUT2D eigenvalue weighted by molar-refractivity contribution is -0.142. The molecule has 1 atom stereocenters. The number of amides is 1. The summed E-state index contributed by atoms with van der Waals surface area (Å²) < 4.78 is 0. The van der Waals surface area contributed by atoms with Crippen molar-refractivity contribution >= 4 is 11.6 Å². The number of carbonyl (C=O) groups excluding carboxylic acids is 1. The number of anilines is 1. The fourth-order valence-electron chi connectivity index (χ4n) is 5.96. The Morgan fingerprint density at radius 2 is 1.42 bits per heavy atom. The van der Waals surface area contributed by atoms with E-state index in [1.54, 1.807) is 0 Å². The maximum atomic E-state index is 13.0. The van der Waals surface area contributed by atoms with E-state index >= 15 is 0 Å². The maximum Gasteiger partial charge on any atom is 0.236 e. The monoisotopic (exact) mass is 447 g/mol. The molecule has 1 unspecified atom stereocenters. The Kier molecular flexibility index (Phi) is 7.25. The number of β-lactam (4-membered cyclic amide) rings is 1. The molecule has 3 fully saturated rings. The molecule has 3 N–H and O–H groups in total. The number of hydrogen-bond donors (Lipinski definition) is 2. The normalized spacial score (nSPS) is 26.8. The highest BCUT2D eigenvalue weighted by Crippen LogP contribution is 2.56. The van der Waals surface area contributed by atoms with Gasteiger partial charge in [-0.2, -0.15) is 0 Å². The summed E-state index contributed by atoms with van der Waals surface area (Å²) in [5.74, 6) is 1.19. The van der Waals surface area contributed by atoms with Crippen LogP contribution in [-0.2, 0) is 4.79 Å². The molecular formula is C29H41N3O. The summed E-state index contributed by atoms with van der Waals surface area (Å²) in [7, 11) is 0. The van der Waals surface area contributed by atoms with Gasteiger partial charge in [0.2, 0.25) is 5.91 Å². The van der Waals surface area contributed by atoms with E-state index in [2.05, 4.69) is 50.4 Å². The van der Waals surface area contributed by atoms with E-state index in [1.807, 2.05) is 41.3 Å². The second kappa shape index (κ2) is 9.99. The molecule has 2 heterocycles. The lowest BCUT2D eigenvalue weighted by Gasteiger charge is -2.58. The topological polar surface area (TPSA) is 58.4 Å². The lowest BCUT2D eigenvalue weighted by Crippen LogP contribution is -2.66. The fraction of sp³-hybridized carbons (Fsp3) is 0.552. The van der Waals surface area contributed by atoms with Gasteiger partial charge in [0, 0.05) is 11.7 Å². The van der Waals surface area contributed by atoms with Crippen molar-refractivity contribution in [3.8, 4) is 0 Å². The third-order valence-electron chi connectivity index (χ3n) is 8.07. The highest BCUT2D eigenvalue weighted by Gasteiger charge is 2.61. The molecule has 1 saturated carbocycles. The first-order chi connectivity index (χ1) is 15.8. The molecule has 0 bridgehead atoms. The molecule has 2 saturated heterocycles. The van der Waals surface area contributed by atoms with Crippen LogP contribution in [0.5, 0.6) is 0 Å². The summed E-state index contributed by atoms with van der Waals surface area (Å²) in [6, 6.07) is 21.2. The van der Waals surface area contributed by atoms with Crippen molar-refractivity contribution in [2.75, 3.05) is 18.0 Å². The number of nitrogens with one attached hydrogen (secondary N) is 1. The van der Waals surface area contributed by atoms with Crippen molar-refractivity contribution < 1.29 is 4.79 Å². The molecule has 5 rings (SSSR count). The third-order valence-corrected chi connectivity index (χ3v) is 8.07. The maximum absolute atomic E-state index is 13.0. The largest absolute Gasteiger partial charge is 0.328 e. The zero-order chi connectivity index (χ0) is 23.5. The standard InChI is InChI=1S/C19H20N2O.C10H21N/c22-18-19(11-13-20-14-12-19)17(15-7-3-1-4-8-15)21(18)16-9-5-2-6-10-16;1-10(2,3)8-4-6-9(11)7-5-8/h1-10,17,20H,11-14H2;8-9H,4-7,11H2,1-3H3. The number of nitrogens with two attached hydrogens (primary N) is 1. The summed E-state index contributed by atoms with van der Waals surface area (Å²) >= 11 is 0. The SMILES string of the molecule is CC(C)(C)C1CCC(N)CC1.O=C1N(c2ccccc2)C(c2ccccc2)C12CCNCC2. The van der Waals surface area contributed by atoms with Crippen LogP contribution in [0.4, 0.5) is 5.69 Å². The zero-order valence-corrected chi connectivity index (χ0v) is 20.6. The number of carbonyl (C=O) groups is 1. The van der Waals surface area contributed by atoms with Gasteiger partial charge in [-0.25, -0.2) is 0 Å². The van der Waals surface area contributed by atoms with Gasteiger partial charge in [0.25, 0.3) is 0 Å². The van der Waals surface area contributed by atoms with Crippen LogP contribution in [0.15, 0.2) is 60.7 Å². The average Bonchev–Trinajstić information content (AvgIpc) is 2.84. The van der Waals surface area contributed by atoms with Crippen molar-refractivity contribution in [1.82, 2.24) is 5.32 Å². The number of piperidine rings is 1. The van der Waals surface area contributed by atoms with Gasteiger partial charge in [-0.05, 0) is 80.6 Å². The van der Waals surface area contributed by atoms with E-state index in [-0.39, 0.29) is 17.4 Å². The number of rotatable bonds is 2. The Labute approximate surface area is 199 Å². The van der Waals surface area contributed by atoms with E-state index < -0.39 is 0 Å². The van der Waals surface area contributed by atoms with Crippen molar-refractivity contribution in [3.63, 3.8) is 0 Å². The number of nitrogens with zero attached hydrogens (tertiary/aromatic N) is 1. The summed E-state index contributed by atoms with van der Waals surface area (Å²) in [5.41, 5.74) is 8.37. The first kappa shape index (κ1) is 24.0. The molecule has 0 aromatic heterocycles. The third kappa shape index (κ3) is 5.02. The highest BCUT2D eigenvalue weighted by atomic mass is 16.2. The van der Waals surface area contributed by atoms with E-state index in [4.69, 9.17) is 5.73 Å². The van der Waals surface area contributed by atoms with E-state index in [0.29, 0.717) is 11.5 Å². The van der Waals surface area contributed by atoms with Gasteiger partial charge in [-0.1, -0.05) is 69.3 Å². The molecule has 1 amide bonds. The minimum atomic E-state index is -0.220. The van der Waals surface area contributed by atoms with Gasteiger partial charge in [0.1, 0.15) is 0 Å². The molecule has 3 aliphatic rings. The predicted molar refractivity (Wildman–Crippen MR) is 137 cm³/mol. The van der Waals surface area contributed by atoms with Gasteiger partial charge in [-0.15, -0.1) is 0 Å². The van der Waals surface area contributed by atoms with Crippen molar-refractivity contribution in [2.45, 2.75) is 71.4 Å². The van der Waals surface area contributed by atoms with E-state index in [1.165, 1.54) is 31.2 Å². The Hall–Kier alpha value is -2.17. The molecule has 178 valence electrons. The van der Waals surface area contributed by atoms with Crippen LogP contribution < -0.4 is 16.0 Å². The van der Waals surface area contributed by atoms with Gasteiger partial charge < -0.3 is 16.0 Å². The molecule has 0 radical (unpaired) electrons. The zero-order valence-electron chi connectivity index (χ0n) is 20.6. The van der Waals surface area contributed by atoms with Gasteiger partial charge in [-0.3, -0.25) is 4.79 Å². The van der Waals surface area contributed by atoms with E-state index in [0.717, 1.165) is 37.5 Å². The van der Waals surface area contributed by atoms with Crippen molar-refractivity contribution in [3.05, 3.63) is 66.2 Å².